The van der Waals surface area contributed by atoms with Gasteiger partial charge in [-0.05, 0) is 44.7 Å². The van der Waals surface area contributed by atoms with Crippen LogP contribution in [0.3, 0.4) is 0 Å². The van der Waals surface area contributed by atoms with E-state index in [1.807, 2.05) is 0 Å². The van der Waals surface area contributed by atoms with E-state index in [-0.39, 0.29) is 5.60 Å². The van der Waals surface area contributed by atoms with E-state index in [0.717, 1.165) is 38.3 Å². The third kappa shape index (κ3) is 2.44. The van der Waals surface area contributed by atoms with E-state index in [9.17, 15) is 5.11 Å². The largest absolute Gasteiger partial charge is 0.390 e. The molecule has 0 aromatic heterocycles. The second kappa shape index (κ2) is 3.97. The van der Waals surface area contributed by atoms with Crippen molar-refractivity contribution < 1.29 is 5.11 Å². The fraction of sp³-hybridized carbons (Fsp3) is 1.00. The van der Waals surface area contributed by atoms with Gasteiger partial charge in [-0.3, -0.25) is 0 Å². The van der Waals surface area contributed by atoms with Gasteiger partial charge in [0.05, 0.1) is 5.60 Å². The molecular weight excluding hydrogens is 162 g/mol. The van der Waals surface area contributed by atoms with E-state index < -0.39 is 0 Å². The summed E-state index contributed by atoms with van der Waals surface area (Å²) in [6.07, 6.45) is 8.19. The van der Waals surface area contributed by atoms with Crippen molar-refractivity contribution in [3.8, 4) is 0 Å². The van der Waals surface area contributed by atoms with E-state index >= 15 is 0 Å². The average Bonchev–Trinajstić information content (AvgIpc) is 2.57. The highest BCUT2D eigenvalue weighted by Crippen LogP contribution is 2.34. The molecular formula is C11H21NO. The highest BCUT2D eigenvalue weighted by molar-refractivity contribution is 4.87. The van der Waals surface area contributed by atoms with Gasteiger partial charge in [0.2, 0.25) is 0 Å². The molecule has 2 fully saturated rings. The van der Waals surface area contributed by atoms with Gasteiger partial charge in [0.25, 0.3) is 0 Å². The van der Waals surface area contributed by atoms with E-state index in [0.29, 0.717) is 0 Å². The average molecular weight is 183 g/mol. The Kier molecular flexibility index (Phi) is 2.89. The standard InChI is InChI=1S/C11H21NO/c13-11(5-2-1-3-6-11)8-10-4-7-12-9-10/h10,12-13H,1-9H2. The summed E-state index contributed by atoms with van der Waals surface area (Å²) >= 11 is 0. The number of hydrogen-bond donors (Lipinski definition) is 2. The van der Waals surface area contributed by atoms with Gasteiger partial charge < -0.3 is 10.4 Å². The molecule has 0 spiro atoms. The van der Waals surface area contributed by atoms with Crippen molar-refractivity contribution in [2.24, 2.45) is 5.92 Å². The van der Waals surface area contributed by atoms with E-state index in [1.54, 1.807) is 0 Å². The molecule has 1 saturated heterocycles. The summed E-state index contributed by atoms with van der Waals surface area (Å²) in [6, 6.07) is 0. The lowest BCUT2D eigenvalue weighted by Crippen LogP contribution is -2.34. The zero-order valence-corrected chi connectivity index (χ0v) is 8.39. The van der Waals surface area contributed by atoms with Gasteiger partial charge in [-0.25, -0.2) is 0 Å². The molecule has 1 aliphatic heterocycles. The van der Waals surface area contributed by atoms with Crippen LogP contribution in [0, 0.1) is 5.92 Å². The van der Waals surface area contributed by atoms with Crippen LogP contribution in [-0.4, -0.2) is 23.8 Å². The summed E-state index contributed by atoms with van der Waals surface area (Å²) in [5, 5.41) is 13.7. The van der Waals surface area contributed by atoms with Crippen LogP contribution in [0.4, 0.5) is 0 Å². The molecule has 2 heteroatoms. The number of rotatable bonds is 2. The Morgan fingerprint density at radius 1 is 1.23 bits per heavy atom. The lowest BCUT2D eigenvalue weighted by Gasteiger charge is -2.34. The summed E-state index contributed by atoms with van der Waals surface area (Å²) in [5.74, 6) is 0.739. The minimum Gasteiger partial charge on any atom is -0.390 e. The van der Waals surface area contributed by atoms with Crippen LogP contribution in [0.25, 0.3) is 0 Å². The molecule has 2 nitrogen and oxygen atoms in total. The van der Waals surface area contributed by atoms with Gasteiger partial charge in [-0.15, -0.1) is 0 Å². The van der Waals surface area contributed by atoms with Crippen LogP contribution in [0.2, 0.25) is 0 Å². The van der Waals surface area contributed by atoms with Crippen molar-refractivity contribution in [1.29, 1.82) is 0 Å². The number of hydrogen-bond acceptors (Lipinski definition) is 2. The van der Waals surface area contributed by atoms with Gasteiger partial charge >= 0.3 is 0 Å². The number of nitrogens with one attached hydrogen (secondary N) is 1. The van der Waals surface area contributed by atoms with Crippen LogP contribution in [-0.2, 0) is 0 Å². The first-order valence-electron chi connectivity index (χ1n) is 5.72. The zero-order chi connectivity index (χ0) is 9.15. The Balaban J connectivity index is 1.83. The molecule has 2 N–H and O–H groups in total. The molecule has 0 radical (unpaired) electrons. The molecule has 13 heavy (non-hydrogen) atoms. The van der Waals surface area contributed by atoms with Gasteiger partial charge in [0.15, 0.2) is 0 Å². The predicted octanol–water partition coefficient (Wildman–Crippen LogP) is 1.68. The predicted molar refractivity (Wildman–Crippen MR) is 53.6 cm³/mol. The van der Waals surface area contributed by atoms with Crippen LogP contribution in [0.5, 0.6) is 0 Å². The lowest BCUT2D eigenvalue weighted by atomic mass is 9.78. The molecule has 76 valence electrons. The molecule has 1 unspecified atom stereocenters. The minimum absolute atomic E-state index is 0.297. The van der Waals surface area contributed by atoms with Crippen molar-refractivity contribution in [1.82, 2.24) is 5.32 Å². The maximum absolute atomic E-state index is 10.3. The Labute approximate surface area is 80.7 Å². The quantitative estimate of drug-likeness (QED) is 0.682. The monoisotopic (exact) mass is 183 g/mol. The smallest absolute Gasteiger partial charge is 0.0651 e. The maximum Gasteiger partial charge on any atom is 0.0651 e. The first-order valence-corrected chi connectivity index (χ1v) is 5.72. The van der Waals surface area contributed by atoms with Crippen LogP contribution in [0.1, 0.15) is 44.9 Å². The van der Waals surface area contributed by atoms with Gasteiger partial charge in [0, 0.05) is 0 Å². The fourth-order valence-electron chi connectivity index (χ4n) is 2.84. The van der Waals surface area contributed by atoms with Crippen LogP contribution < -0.4 is 5.32 Å². The first kappa shape index (κ1) is 9.47. The Hall–Kier alpha value is -0.0800. The minimum atomic E-state index is -0.297. The van der Waals surface area contributed by atoms with E-state index in [4.69, 9.17) is 0 Å². The summed E-state index contributed by atoms with van der Waals surface area (Å²) in [6.45, 7) is 2.28. The van der Waals surface area contributed by atoms with Gasteiger partial charge in [-0.2, -0.15) is 0 Å². The summed E-state index contributed by atoms with van der Waals surface area (Å²) < 4.78 is 0. The van der Waals surface area contributed by atoms with Gasteiger partial charge in [-0.1, -0.05) is 19.3 Å². The second-order valence-electron chi connectivity index (χ2n) is 4.85. The highest BCUT2D eigenvalue weighted by atomic mass is 16.3. The molecule has 1 aliphatic carbocycles. The molecule has 0 bridgehead atoms. The van der Waals surface area contributed by atoms with E-state index in [1.165, 1.54) is 25.7 Å². The first-order chi connectivity index (χ1) is 6.29. The van der Waals surface area contributed by atoms with Crippen molar-refractivity contribution in [2.75, 3.05) is 13.1 Å². The summed E-state index contributed by atoms with van der Waals surface area (Å²) in [4.78, 5) is 0. The third-order valence-corrected chi connectivity index (χ3v) is 3.62. The third-order valence-electron chi connectivity index (χ3n) is 3.62. The van der Waals surface area contributed by atoms with Gasteiger partial charge in [0.1, 0.15) is 0 Å². The SMILES string of the molecule is OC1(CC2CCNC2)CCCCC1. The molecule has 0 amide bonds. The summed E-state index contributed by atoms with van der Waals surface area (Å²) in [5.41, 5.74) is -0.297. The molecule has 2 aliphatic rings. The lowest BCUT2D eigenvalue weighted by molar-refractivity contribution is -0.0155. The van der Waals surface area contributed by atoms with Crippen LogP contribution in [0.15, 0.2) is 0 Å². The molecule has 1 atom stereocenters. The molecule has 0 aromatic carbocycles. The molecule has 1 heterocycles. The molecule has 2 rings (SSSR count). The Morgan fingerprint density at radius 2 is 2.00 bits per heavy atom. The Bertz CT molecular complexity index is 157. The molecule has 0 aromatic rings. The van der Waals surface area contributed by atoms with Crippen molar-refractivity contribution in [2.45, 2.75) is 50.5 Å². The topological polar surface area (TPSA) is 32.3 Å². The van der Waals surface area contributed by atoms with Crippen molar-refractivity contribution >= 4 is 0 Å². The fourth-order valence-corrected chi connectivity index (χ4v) is 2.84. The van der Waals surface area contributed by atoms with Crippen molar-refractivity contribution in [3.05, 3.63) is 0 Å². The molecule has 1 saturated carbocycles. The van der Waals surface area contributed by atoms with Crippen LogP contribution >= 0.6 is 0 Å². The Morgan fingerprint density at radius 3 is 2.62 bits per heavy atom. The normalized spacial score (nSPS) is 33.5. The van der Waals surface area contributed by atoms with Crippen molar-refractivity contribution in [3.63, 3.8) is 0 Å². The highest BCUT2D eigenvalue weighted by Gasteiger charge is 2.32. The number of aliphatic hydroxyl groups is 1. The second-order valence-corrected chi connectivity index (χ2v) is 4.85. The summed E-state index contributed by atoms with van der Waals surface area (Å²) in [7, 11) is 0. The maximum atomic E-state index is 10.3. The zero-order valence-electron chi connectivity index (χ0n) is 8.39. The van der Waals surface area contributed by atoms with E-state index in [2.05, 4.69) is 5.32 Å².